The van der Waals surface area contributed by atoms with E-state index in [2.05, 4.69) is 5.43 Å². The van der Waals surface area contributed by atoms with Crippen LogP contribution in [0.2, 0.25) is 6.82 Å². The Kier molecular flexibility index (Phi) is 6.99. The number of primary amides is 1. The molecule has 0 saturated carbocycles. The van der Waals surface area contributed by atoms with Crippen molar-refractivity contribution in [2.45, 2.75) is 32.3 Å². The lowest BCUT2D eigenvalue weighted by molar-refractivity contribution is -0.129. The van der Waals surface area contributed by atoms with Crippen molar-refractivity contribution in [2.24, 2.45) is 5.73 Å². The summed E-state index contributed by atoms with van der Waals surface area (Å²) < 4.78 is 5.28. The number of hydrogen-bond donors (Lipinski definition) is 3. The molecule has 0 aromatic heterocycles. The average molecular weight is 362 g/mol. The van der Waals surface area contributed by atoms with Crippen LogP contribution in [-0.2, 0) is 20.9 Å². The van der Waals surface area contributed by atoms with Crippen LogP contribution in [0.4, 0.5) is 4.79 Å². The van der Waals surface area contributed by atoms with Crippen LogP contribution in [-0.4, -0.2) is 58.9 Å². The monoisotopic (exact) mass is 362 g/mol. The number of nitrogens with two attached hydrogens (primary N) is 1. The molecular weight excluding hydrogens is 339 g/mol. The third-order valence-electron chi connectivity index (χ3n) is 4.03. The van der Waals surface area contributed by atoms with Gasteiger partial charge in [0.2, 0.25) is 5.91 Å². The Hall–Kier alpha value is -2.59. The van der Waals surface area contributed by atoms with Crippen molar-refractivity contribution >= 4 is 25.0 Å². The minimum atomic E-state index is -1.11. The first-order chi connectivity index (χ1) is 12.4. The molecule has 26 heavy (non-hydrogen) atoms. The number of hydrazine groups is 1. The molecule has 1 fully saturated rings. The van der Waals surface area contributed by atoms with Gasteiger partial charge in [-0.3, -0.25) is 19.9 Å². The molecule has 0 aliphatic carbocycles. The Morgan fingerprint density at radius 3 is 2.69 bits per heavy atom. The third kappa shape index (κ3) is 5.46. The maximum Gasteiger partial charge on any atom is 0.410 e. The lowest BCUT2D eigenvalue weighted by Crippen LogP contribution is -2.57. The van der Waals surface area contributed by atoms with Crippen LogP contribution in [0.25, 0.3) is 0 Å². The molecule has 3 amide bonds. The minimum absolute atomic E-state index is 0.117. The van der Waals surface area contributed by atoms with E-state index in [0.717, 1.165) is 10.5 Å². The number of likely N-dealkylation sites (tertiary alicyclic amines) is 1. The number of nitrogens with zero attached hydrogens (tertiary/aromatic N) is 2. The summed E-state index contributed by atoms with van der Waals surface area (Å²) in [6, 6.07) is 8.51. The van der Waals surface area contributed by atoms with E-state index in [9.17, 15) is 19.4 Å². The first-order valence-electron chi connectivity index (χ1n) is 8.39. The van der Waals surface area contributed by atoms with Crippen LogP contribution in [0, 0.1) is 0 Å². The topological polar surface area (TPSA) is 125 Å². The highest BCUT2D eigenvalue weighted by Gasteiger charge is 2.36. The number of hydrogen-bond acceptors (Lipinski definition) is 6. The van der Waals surface area contributed by atoms with Gasteiger partial charge in [-0.2, -0.15) is 0 Å². The molecule has 1 atom stereocenters. The van der Waals surface area contributed by atoms with Crippen LogP contribution in [0.1, 0.15) is 18.4 Å². The second kappa shape index (κ2) is 9.21. The Morgan fingerprint density at radius 1 is 1.38 bits per heavy atom. The van der Waals surface area contributed by atoms with Gasteiger partial charge in [-0.05, 0) is 25.2 Å². The van der Waals surface area contributed by atoms with Gasteiger partial charge < -0.3 is 15.5 Å². The van der Waals surface area contributed by atoms with Gasteiger partial charge in [-0.25, -0.2) is 9.71 Å². The predicted octanol–water partition coefficient (Wildman–Crippen LogP) is -0.284. The van der Waals surface area contributed by atoms with E-state index in [1.165, 1.54) is 11.7 Å². The summed E-state index contributed by atoms with van der Waals surface area (Å²) in [4.78, 5) is 38.2. The third-order valence-corrected chi connectivity index (χ3v) is 4.03. The van der Waals surface area contributed by atoms with Crippen LogP contribution in [0.3, 0.4) is 0 Å². The average Bonchev–Trinajstić information content (AvgIpc) is 3.09. The zero-order valence-electron chi connectivity index (χ0n) is 14.6. The van der Waals surface area contributed by atoms with E-state index in [1.807, 2.05) is 30.3 Å². The maximum atomic E-state index is 12.5. The molecule has 4 N–H and O–H groups in total. The second-order valence-corrected chi connectivity index (χ2v) is 6.09. The number of nitrogens with one attached hydrogen (secondary N) is 1. The summed E-state index contributed by atoms with van der Waals surface area (Å²) in [7, 11) is -1.11. The molecule has 0 radical (unpaired) electrons. The van der Waals surface area contributed by atoms with Gasteiger partial charge >= 0.3 is 13.1 Å². The number of benzene rings is 1. The van der Waals surface area contributed by atoms with Gasteiger partial charge in [0, 0.05) is 6.54 Å². The Bertz CT molecular complexity index is 643. The zero-order valence-corrected chi connectivity index (χ0v) is 14.6. The molecule has 2 rings (SSSR count). The highest BCUT2D eigenvalue weighted by molar-refractivity contribution is 6.45. The lowest BCUT2D eigenvalue weighted by atomic mass is 9.87. The van der Waals surface area contributed by atoms with Crippen LogP contribution >= 0.6 is 0 Å². The lowest BCUT2D eigenvalue weighted by Gasteiger charge is -2.28. The Balaban J connectivity index is 1.93. The number of ether oxygens (including phenoxy) is 1. The molecule has 1 saturated heterocycles. The van der Waals surface area contributed by atoms with E-state index < -0.39 is 31.0 Å². The van der Waals surface area contributed by atoms with Gasteiger partial charge in [0.1, 0.15) is 12.6 Å². The van der Waals surface area contributed by atoms with Gasteiger partial charge in [0.15, 0.2) is 0 Å². The van der Waals surface area contributed by atoms with E-state index in [-0.39, 0.29) is 13.2 Å². The fourth-order valence-corrected chi connectivity index (χ4v) is 2.71. The summed E-state index contributed by atoms with van der Waals surface area (Å²) in [5, 5.41) is 9.64. The van der Waals surface area contributed by atoms with Crippen LogP contribution < -0.4 is 11.2 Å². The first-order valence-corrected chi connectivity index (χ1v) is 8.39. The summed E-state index contributed by atoms with van der Waals surface area (Å²) in [6.07, 6.45) is 0.546. The van der Waals surface area contributed by atoms with Crippen molar-refractivity contribution < 1.29 is 24.1 Å². The molecule has 1 aromatic carbocycles. The Labute approximate surface area is 152 Å². The van der Waals surface area contributed by atoms with Crippen molar-refractivity contribution in [1.82, 2.24) is 15.2 Å². The fourth-order valence-electron chi connectivity index (χ4n) is 2.71. The van der Waals surface area contributed by atoms with E-state index in [1.54, 1.807) is 0 Å². The van der Waals surface area contributed by atoms with Gasteiger partial charge in [0.25, 0.3) is 5.91 Å². The molecular formula is C16H23BN4O5. The molecule has 0 unspecified atom stereocenters. The number of amides is 3. The molecule has 0 bridgehead atoms. The number of carbonyl (C=O) groups excluding carboxylic acids is 3. The first kappa shape index (κ1) is 19.7. The zero-order chi connectivity index (χ0) is 19.1. The van der Waals surface area contributed by atoms with Crippen molar-refractivity contribution in [3.05, 3.63) is 35.9 Å². The van der Waals surface area contributed by atoms with Crippen molar-refractivity contribution in [3.8, 4) is 0 Å². The van der Waals surface area contributed by atoms with Crippen molar-refractivity contribution in [3.63, 3.8) is 0 Å². The summed E-state index contributed by atoms with van der Waals surface area (Å²) in [5.74, 6) is -1.20. The summed E-state index contributed by atoms with van der Waals surface area (Å²) in [6.45, 7) is 1.57. The number of carbonyl (C=O) groups is 3. The molecule has 1 aromatic rings. The quantitative estimate of drug-likeness (QED) is 0.452. The SMILES string of the molecule is CB(O)N(CC(N)=O)NC(=O)[C@@H]1CCCN1C(=O)OCc1ccccc1. The van der Waals surface area contributed by atoms with E-state index >= 15 is 0 Å². The summed E-state index contributed by atoms with van der Waals surface area (Å²) >= 11 is 0. The smallest absolute Gasteiger partial charge is 0.410 e. The van der Waals surface area contributed by atoms with E-state index in [4.69, 9.17) is 10.5 Å². The van der Waals surface area contributed by atoms with E-state index in [0.29, 0.717) is 19.4 Å². The minimum Gasteiger partial charge on any atom is -0.445 e. The maximum absolute atomic E-state index is 12.5. The van der Waals surface area contributed by atoms with Gasteiger partial charge in [-0.1, -0.05) is 30.3 Å². The largest absolute Gasteiger partial charge is 0.445 e. The molecule has 10 heteroatoms. The number of rotatable bonds is 7. The van der Waals surface area contributed by atoms with Crippen molar-refractivity contribution in [1.29, 1.82) is 0 Å². The predicted molar refractivity (Wildman–Crippen MR) is 94.2 cm³/mol. The van der Waals surface area contributed by atoms with Gasteiger partial charge in [-0.15, -0.1) is 0 Å². The second-order valence-electron chi connectivity index (χ2n) is 6.09. The molecule has 1 heterocycles. The normalized spacial score (nSPS) is 16.4. The van der Waals surface area contributed by atoms with Crippen LogP contribution in [0.15, 0.2) is 30.3 Å². The van der Waals surface area contributed by atoms with Gasteiger partial charge in [0.05, 0.1) is 6.54 Å². The molecule has 1 aliphatic heterocycles. The molecule has 9 nitrogen and oxygen atoms in total. The molecule has 1 aliphatic rings. The fraction of sp³-hybridized carbons (Fsp3) is 0.438. The molecule has 0 spiro atoms. The molecule has 140 valence electrons. The summed E-state index contributed by atoms with van der Waals surface area (Å²) in [5.41, 5.74) is 8.40. The van der Waals surface area contributed by atoms with Crippen LogP contribution in [0.5, 0.6) is 0 Å². The highest BCUT2D eigenvalue weighted by atomic mass is 16.6. The highest BCUT2D eigenvalue weighted by Crippen LogP contribution is 2.19. The Morgan fingerprint density at radius 2 is 2.08 bits per heavy atom. The van der Waals surface area contributed by atoms with Crippen molar-refractivity contribution in [2.75, 3.05) is 13.1 Å². The standard InChI is InChI=1S/C16H23BN4O5/c1-17(25)21(10-14(18)22)19-15(23)13-8-5-9-20(13)16(24)26-11-12-6-3-2-4-7-12/h2-4,6-7,13,25H,5,8-11H2,1H3,(H2,18,22)(H,19,23)/t13-/m0/s1.